The van der Waals surface area contributed by atoms with Crippen LogP contribution in [0.15, 0.2) is 18.2 Å². The molecular formula is C11H15NO3. The second-order valence-electron chi connectivity index (χ2n) is 3.33. The second kappa shape index (κ2) is 5.24. The van der Waals surface area contributed by atoms with Gasteiger partial charge in [0.05, 0.1) is 7.11 Å². The molecule has 1 amide bonds. The van der Waals surface area contributed by atoms with Gasteiger partial charge >= 0.3 is 0 Å². The maximum Gasteiger partial charge on any atom is 0.217 e. The van der Waals surface area contributed by atoms with Gasteiger partial charge in [-0.1, -0.05) is 6.07 Å². The Kier molecular flexibility index (Phi) is 3.97. The van der Waals surface area contributed by atoms with E-state index in [4.69, 9.17) is 10.5 Å². The zero-order chi connectivity index (χ0) is 11.3. The summed E-state index contributed by atoms with van der Waals surface area (Å²) in [4.78, 5) is 10.5. The van der Waals surface area contributed by atoms with Crippen LogP contribution in [0, 0.1) is 0 Å². The van der Waals surface area contributed by atoms with Gasteiger partial charge in [-0.2, -0.15) is 0 Å². The number of hydrogen-bond acceptors (Lipinski definition) is 3. The van der Waals surface area contributed by atoms with Crippen LogP contribution in [0.5, 0.6) is 11.5 Å². The van der Waals surface area contributed by atoms with Gasteiger partial charge in [0.2, 0.25) is 5.91 Å². The molecule has 0 aliphatic carbocycles. The lowest BCUT2D eigenvalue weighted by Gasteiger charge is -2.05. The van der Waals surface area contributed by atoms with Crippen molar-refractivity contribution in [2.45, 2.75) is 19.3 Å². The summed E-state index contributed by atoms with van der Waals surface area (Å²) in [5, 5.41) is 9.35. The summed E-state index contributed by atoms with van der Waals surface area (Å²) in [6.07, 6.45) is 1.84. The Hall–Kier alpha value is -1.71. The fourth-order valence-electron chi connectivity index (χ4n) is 1.34. The first-order chi connectivity index (χ1) is 7.13. The van der Waals surface area contributed by atoms with Crippen LogP contribution in [-0.2, 0) is 11.2 Å². The van der Waals surface area contributed by atoms with Crippen molar-refractivity contribution in [2.24, 2.45) is 5.73 Å². The Morgan fingerprint density at radius 3 is 2.87 bits per heavy atom. The molecule has 0 spiro atoms. The number of nitrogens with two attached hydrogens (primary N) is 1. The van der Waals surface area contributed by atoms with Gasteiger partial charge in [-0.15, -0.1) is 0 Å². The largest absolute Gasteiger partial charge is 0.504 e. The van der Waals surface area contributed by atoms with E-state index in [9.17, 15) is 9.90 Å². The SMILES string of the molecule is COc1cc(CCCC(N)=O)ccc1O. The molecule has 3 N–H and O–H groups in total. The van der Waals surface area contributed by atoms with Crippen molar-refractivity contribution < 1.29 is 14.6 Å². The van der Waals surface area contributed by atoms with E-state index in [2.05, 4.69) is 0 Å². The zero-order valence-electron chi connectivity index (χ0n) is 8.69. The van der Waals surface area contributed by atoms with Crippen molar-refractivity contribution in [2.75, 3.05) is 7.11 Å². The van der Waals surface area contributed by atoms with E-state index in [0.29, 0.717) is 18.6 Å². The molecule has 4 heteroatoms. The minimum Gasteiger partial charge on any atom is -0.504 e. The zero-order valence-corrected chi connectivity index (χ0v) is 8.69. The molecule has 1 rings (SSSR count). The molecule has 0 aliphatic rings. The summed E-state index contributed by atoms with van der Waals surface area (Å²) in [5.74, 6) is 0.281. The number of phenols is 1. The molecule has 0 aliphatic heterocycles. The van der Waals surface area contributed by atoms with Crippen LogP contribution < -0.4 is 10.5 Å². The number of benzene rings is 1. The van der Waals surface area contributed by atoms with Gasteiger partial charge in [-0.3, -0.25) is 4.79 Å². The summed E-state index contributed by atoms with van der Waals surface area (Å²) >= 11 is 0. The molecule has 4 nitrogen and oxygen atoms in total. The molecule has 0 bridgehead atoms. The van der Waals surface area contributed by atoms with Crippen molar-refractivity contribution >= 4 is 5.91 Å². The molecule has 82 valence electrons. The molecule has 1 aromatic rings. The fourth-order valence-corrected chi connectivity index (χ4v) is 1.34. The molecule has 0 radical (unpaired) electrons. The number of ether oxygens (including phenoxy) is 1. The molecule has 15 heavy (non-hydrogen) atoms. The maximum atomic E-state index is 10.5. The van der Waals surface area contributed by atoms with Gasteiger partial charge in [0.25, 0.3) is 0 Å². The first-order valence-corrected chi connectivity index (χ1v) is 4.77. The van der Waals surface area contributed by atoms with Gasteiger partial charge in [0.1, 0.15) is 0 Å². The standard InChI is InChI=1S/C11H15NO3/c1-15-10-7-8(5-6-9(10)13)3-2-4-11(12)14/h5-7,13H,2-4H2,1H3,(H2,12,14). The predicted molar refractivity (Wildman–Crippen MR) is 56.8 cm³/mol. The van der Waals surface area contributed by atoms with E-state index in [1.165, 1.54) is 7.11 Å². The lowest BCUT2D eigenvalue weighted by atomic mass is 10.1. The van der Waals surface area contributed by atoms with E-state index >= 15 is 0 Å². The van der Waals surface area contributed by atoms with Gasteiger partial charge in [-0.05, 0) is 30.5 Å². The third-order valence-corrected chi connectivity index (χ3v) is 2.13. The second-order valence-corrected chi connectivity index (χ2v) is 3.33. The van der Waals surface area contributed by atoms with E-state index in [-0.39, 0.29) is 11.7 Å². The van der Waals surface area contributed by atoms with E-state index < -0.39 is 0 Å². The number of amides is 1. The lowest BCUT2D eigenvalue weighted by molar-refractivity contribution is -0.118. The van der Waals surface area contributed by atoms with Crippen LogP contribution >= 0.6 is 0 Å². The quantitative estimate of drug-likeness (QED) is 0.765. The third-order valence-electron chi connectivity index (χ3n) is 2.13. The summed E-state index contributed by atoms with van der Waals surface area (Å²) in [6.45, 7) is 0. The van der Waals surface area contributed by atoms with Crippen molar-refractivity contribution in [3.8, 4) is 11.5 Å². The molecule has 0 fully saturated rings. The monoisotopic (exact) mass is 209 g/mol. The molecule has 1 aromatic carbocycles. The van der Waals surface area contributed by atoms with Crippen LogP contribution in [0.1, 0.15) is 18.4 Å². The van der Waals surface area contributed by atoms with Gasteiger partial charge < -0.3 is 15.6 Å². The lowest BCUT2D eigenvalue weighted by Crippen LogP contribution is -2.10. The molecule has 0 unspecified atom stereocenters. The van der Waals surface area contributed by atoms with Gasteiger partial charge in [0, 0.05) is 6.42 Å². The normalized spacial score (nSPS) is 9.93. The highest BCUT2D eigenvalue weighted by Gasteiger charge is 2.03. The summed E-state index contributed by atoms with van der Waals surface area (Å²) in [5.41, 5.74) is 6.05. The van der Waals surface area contributed by atoms with Crippen molar-refractivity contribution in [3.05, 3.63) is 23.8 Å². The number of aromatic hydroxyl groups is 1. The van der Waals surface area contributed by atoms with Crippen LogP contribution in [-0.4, -0.2) is 18.1 Å². The molecule has 0 aromatic heterocycles. The summed E-state index contributed by atoms with van der Waals surface area (Å²) in [6, 6.07) is 5.15. The number of primary amides is 1. The van der Waals surface area contributed by atoms with Gasteiger partial charge in [0.15, 0.2) is 11.5 Å². The number of carbonyl (C=O) groups is 1. The molecule has 0 heterocycles. The molecule has 0 saturated heterocycles. The third kappa shape index (κ3) is 3.50. The van der Waals surface area contributed by atoms with Crippen LogP contribution in [0.2, 0.25) is 0 Å². The van der Waals surface area contributed by atoms with Crippen molar-refractivity contribution in [3.63, 3.8) is 0 Å². The van der Waals surface area contributed by atoms with Crippen LogP contribution in [0.3, 0.4) is 0 Å². The minimum absolute atomic E-state index is 0.121. The maximum absolute atomic E-state index is 10.5. The smallest absolute Gasteiger partial charge is 0.217 e. The topological polar surface area (TPSA) is 72.5 Å². The van der Waals surface area contributed by atoms with Gasteiger partial charge in [-0.25, -0.2) is 0 Å². The van der Waals surface area contributed by atoms with Crippen molar-refractivity contribution in [1.29, 1.82) is 0 Å². The highest BCUT2D eigenvalue weighted by atomic mass is 16.5. The Morgan fingerprint density at radius 1 is 1.53 bits per heavy atom. The highest BCUT2D eigenvalue weighted by Crippen LogP contribution is 2.26. The number of aryl methyl sites for hydroxylation is 1. The number of phenolic OH excluding ortho intramolecular Hbond substituents is 1. The highest BCUT2D eigenvalue weighted by molar-refractivity contribution is 5.73. The number of carbonyl (C=O) groups excluding carboxylic acids is 1. The molecule has 0 atom stereocenters. The van der Waals surface area contributed by atoms with E-state index in [0.717, 1.165) is 12.0 Å². The number of rotatable bonds is 5. The van der Waals surface area contributed by atoms with E-state index in [1.54, 1.807) is 18.2 Å². The minimum atomic E-state index is -0.291. The predicted octanol–water partition coefficient (Wildman–Crippen LogP) is 1.21. The fraction of sp³-hybridized carbons (Fsp3) is 0.364. The number of hydrogen-bond donors (Lipinski definition) is 2. The van der Waals surface area contributed by atoms with E-state index in [1.807, 2.05) is 0 Å². The van der Waals surface area contributed by atoms with Crippen molar-refractivity contribution in [1.82, 2.24) is 0 Å². The first-order valence-electron chi connectivity index (χ1n) is 4.77. The summed E-state index contributed by atoms with van der Waals surface area (Å²) < 4.78 is 4.97. The number of methoxy groups -OCH3 is 1. The average Bonchev–Trinajstić information content (AvgIpc) is 2.20. The molecular weight excluding hydrogens is 194 g/mol. The average molecular weight is 209 g/mol. The Morgan fingerprint density at radius 2 is 2.27 bits per heavy atom. The summed E-state index contributed by atoms with van der Waals surface area (Å²) in [7, 11) is 1.50. The Labute approximate surface area is 88.7 Å². The Balaban J connectivity index is 2.58. The Bertz CT molecular complexity index is 350. The van der Waals surface area contributed by atoms with Crippen LogP contribution in [0.25, 0.3) is 0 Å². The van der Waals surface area contributed by atoms with Crippen LogP contribution in [0.4, 0.5) is 0 Å². The first kappa shape index (κ1) is 11.4. The molecule has 0 saturated carbocycles.